The van der Waals surface area contributed by atoms with Gasteiger partial charge in [-0.15, -0.1) is 0 Å². The minimum Gasteiger partial charge on any atom is -0.468 e. The zero-order valence-electron chi connectivity index (χ0n) is 16.9. The number of hydrogen-bond acceptors (Lipinski definition) is 8. The molecular formula is C21H18N2O7S. The Morgan fingerprint density at radius 3 is 2.03 bits per heavy atom. The molecule has 0 aliphatic carbocycles. The lowest BCUT2D eigenvalue weighted by Crippen LogP contribution is -2.22. The third-order valence-corrected chi connectivity index (χ3v) is 5.41. The third-order valence-electron chi connectivity index (χ3n) is 4.37. The summed E-state index contributed by atoms with van der Waals surface area (Å²) in [5.74, 6) is -2.10. The van der Waals surface area contributed by atoms with E-state index in [2.05, 4.69) is 9.73 Å². The van der Waals surface area contributed by atoms with Gasteiger partial charge in [0.2, 0.25) is 0 Å². The van der Waals surface area contributed by atoms with Crippen LogP contribution in [0.2, 0.25) is 0 Å². The molecule has 0 fully saturated rings. The number of benzene rings is 2. The molecule has 0 unspecified atom stereocenters. The predicted molar refractivity (Wildman–Crippen MR) is 111 cm³/mol. The van der Waals surface area contributed by atoms with E-state index in [1.165, 1.54) is 50.2 Å². The minimum absolute atomic E-state index is 0.165. The molecule has 9 nitrogen and oxygen atoms in total. The van der Waals surface area contributed by atoms with Crippen molar-refractivity contribution in [3.8, 4) is 0 Å². The lowest BCUT2D eigenvalue weighted by molar-refractivity contribution is -0.141. The van der Waals surface area contributed by atoms with Gasteiger partial charge >= 0.3 is 17.9 Å². The third kappa shape index (κ3) is 4.69. The van der Waals surface area contributed by atoms with Gasteiger partial charge in [0, 0.05) is 5.56 Å². The van der Waals surface area contributed by atoms with E-state index < -0.39 is 23.8 Å². The van der Waals surface area contributed by atoms with Crippen LogP contribution in [-0.2, 0) is 25.5 Å². The first-order valence-corrected chi connectivity index (χ1v) is 9.75. The van der Waals surface area contributed by atoms with Crippen LogP contribution in [0.3, 0.4) is 0 Å². The number of amides is 1. The van der Waals surface area contributed by atoms with Crippen LogP contribution in [0, 0.1) is 0 Å². The first-order chi connectivity index (χ1) is 14.9. The molecule has 0 radical (unpaired) electrons. The molecule has 0 bridgehead atoms. The number of aromatic nitrogens is 1. The standard InChI is InChI=1S/C21H18N2O7S/c1-28-17(24)11-23-15-9-8-14(20(27)30-3)10-16(15)31-21(23)22-18(25)12-4-6-13(7-5-12)19(26)29-2/h4-10H,11H2,1-3H3. The molecule has 0 N–H and O–H groups in total. The SMILES string of the molecule is COC(=O)Cn1c(=NC(=O)c2ccc(C(=O)OC)cc2)sc2cc(C(=O)OC)ccc21. The highest BCUT2D eigenvalue weighted by Gasteiger charge is 2.15. The summed E-state index contributed by atoms with van der Waals surface area (Å²) < 4.78 is 16.3. The number of carbonyl (C=O) groups excluding carboxylic acids is 4. The number of nitrogens with zero attached hydrogens (tertiary/aromatic N) is 2. The Morgan fingerprint density at radius 1 is 0.839 bits per heavy atom. The fourth-order valence-electron chi connectivity index (χ4n) is 2.77. The summed E-state index contributed by atoms with van der Waals surface area (Å²) in [7, 11) is 3.81. The maximum absolute atomic E-state index is 12.7. The van der Waals surface area contributed by atoms with Gasteiger partial charge in [0.05, 0.1) is 42.7 Å². The first kappa shape index (κ1) is 21.9. The Kier molecular flexibility index (Phi) is 6.61. The number of methoxy groups -OCH3 is 3. The van der Waals surface area contributed by atoms with Crippen molar-refractivity contribution in [2.24, 2.45) is 4.99 Å². The van der Waals surface area contributed by atoms with Crippen molar-refractivity contribution in [3.63, 3.8) is 0 Å². The van der Waals surface area contributed by atoms with Crippen LogP contribution in [0.25, 0.3) is 10.2 Å². The van der Waals surface area contributed by atoms with Crippen molar-refractivity contribution >= 4 is 45.4 Å². The molecule has 3 rings (SSSR count). The highest BCUT2D eigenvalue weighted by Crippen LogP contribution is 2.20. The van der Waals surface area contributed by atoms with Gasteiger partial charge in [-0.3, -0.25) is 9.59 Å². The minimum atomic E-state index is -0.560. The van der Waals surface area contributed by atoms with Crippen LogP contribution in [0.4, 0.5) is 0 Å². The number of rotatable bonds is 5. The van der Waals surface area contributed by atoms with Crippen LogP contribution in [0.5, 0.6) is 0 Å². The number of hydrogen-bond donors (Lipinski definition) is 0. The Bertz CT molecular complexity index is 1240. The lowest BCUT2D eigenvalue weighted by Gasteiger charge is -2.04. The van der Waals surface area contributed by atoms with Gasteiger partial charge in [0.25, 0.3) is 5.91 Å². The Balaban J connectivity index is 2.07. The average Bonchev–Trinajstić information content (AvgIpc) is 3.13. The van der Waals surface area contributed by atoms with E-state index in [1.807, 2.05) is 0 Å². The van der Waals surface area contributed by atoms with E-state index in [-0.39, 0.29) is 16.9 Å². The lowest BCUT2D eigenvalue weighted by atomic mass is 10.1. The monoisotopic (exact) mass is 442 g/mol. The summed E-state index contributed by atoms with van der Waals surface area (Å²) in [4.78, 5) is 52.4. The quantitative estimate of drug-likeness (QED) is 0.440. The maximum Gasteiger partial charge on any atom is 0.337 e. The molecule has 31 heavy (non-hydrogen) atoms. The van der Waals surface area contributed by atoms with Crippen molar-refractivity contribution in [1.82, 2.24) is 4.57 Å². The van der Waals surface area contributed by atoms with Crippen LogP contribution in [0.15, 0.2) is 47.5 Å². The van der Waals surface area contributed by atoms with E-state index in [4.69, 9.17) is 9.47 Å². The fourth-order valence-corrected chi connectivity index (χ4v) is 3.83. The molecule has 10 heteroatoms. The molecule has 0 aliphatic heterocycles. The highest BCUT2D eigenvalue weighted by molar-refractivity contribution is 7.16. The molecular weight excluding hydrogens is 424 g/mol. The first-order valence-electron chi connectivity index (χ1n) is 8.94. The number of esters is 3. The largest absolute Gasteiger partial charge is 0.468 e. The molecule has 0 aliphatic rings. The summed E-state index contributed by atoms with van der Waals surface area (Å²) in [6.07, 6.45) is 0. The van der Waals surface area contributed by atoms with Gasteiger partial charge < -0.3 is 18.8 Å². The Morgan fingerprint density at radius 2 is 1.42 bits per heavy atom. The normalized spacial score (nSPS) is 11.3. The molecule has 1 aromatic heterocycles. The Labute approximate surface area is 180 Å². The van der Waals surface area contributed by atoms with Crippen LogP contribution < -0.4 is 4.80 Å². The van der Waals surface area contributed by atoms with Gasteiger partial charge in [-0.05, 0) is 42.5 Å². The molecule has 3 aromatic rings. The molecule has 160 valence electrons. The summed E-state index contributed by atoms with van der Waals surface area (Å²) in [5, 5.41) is 0. The number of ether oxygens (including phenoxy) is 3. The van der Waals surface area contributed by atoms with Crippen LogP contribution in [-0.4, -0.2) is 49.7 Å². The molecule has 0 saturated heterocycles. The topological polar surface area (TPSA) is 113 Å². The van der Waals surface area contributed by atoms with Gasteiger partial charge in [-0.25, -0.2) is 9.59 Å². The summed E-state index contributed by atoms with van der Waals surface area (Å²) in [6.45, 7) is -0.165. The van der Waals surface area contributed by atoms with E-state index in [0.29, 0.717) is 21.3 Å². The molecule has 0 atom stereocenters. The molecule has 0 saturated carbocycles. The second-order valence-electron chi connectivity index (χ2n) is 6.21. The molecule has 1 amide bonds. The number of thiazole rings is 1. The predicted octanol–water partition coefficient (Wildman–Crippen LogP) is 2.19. The van der Waals surface area contributed by atoms with Crippen molar-refractivity contribution in [2.75, 3.05) is 21.3 Å². The van der Waals surface area contributed by atoms with Gasteiger partial charge in [-0.1, -0.05) is 11.3 Å². The number of fused-ring (bicyclic) bond motifs is 1. The maximum atomic E-state index is 12.7. The van der Waals surface area contributed by atoms with Crippen molar-refractivity contribution < 1.29 is 33.4 Å². The summed E-state index contributed by atoms with van der Waals surface area (Å²) in [5.41, 5.74) is 1.50. The summed E-state index contributed by atoms with van der Waals surface area (Å²) >= 11 is 1.14. The smallest absolute Gasteiger partial charge is 0.337 e. The van der Waals surface area contributed by atoms with Gasteiger partial charge in [0.15, 0.2) is 4.80 Å². The zero-order chi connectivity index (χ0) is 22.5. The van der Waals surface area contributed by atoms with Crippen LogP contribution >= 0.6 is 11.3 Å². The average molecular weight is 442 g/mol. The van der Waals surface area contributed by atoms with Crippen molar-refractivity contribution in [3.05, 3.63) is 64.0 Å². The van der Waals surface area contributed by atoms with Crippen LogP contribution in [0.1, 0.15) is 31.1 Å². The Hall–Kier alpha value is -3.79. The van der Waals surface area contributed by atoms with E-state index in [9.17, 15) is 19.2 Å². The molecule has 1 heterocycles. The van der Waals surface area contributed by atoms with E-state index in [1.54, 1.807) is 18.2 Å². The van der Waals surface area contributed by atoms with Gasteiger partial charge in [0.1, 0.15) is 6.54 Å². The second-order valence-corrected chi connectivity index (χ2v) is 7.22. The van der Waals surface area contributed by atoms with Crippen molar-refractivity contribution in [2.45, 2.75) is 6.54 Å². The second kappa shape index (κ2) is 9.35. The molecule has 2 aromatic carbocycles. The van der Waals surface area contributed by atoms with E-state index >= 15 is 0 Å². The zero-order valence-corrected chi connectivity index (χ0v) is 17.7. The van der Waals surface area contributed by atoms with Gasteiger partial charge in [-0.2, -0.15) is 4.99 Å². The summed E-state index contributed by atoms with van der Waals surface area (Å²) in [6, 6.07) is 10.7. The fraction of sp³-hybridized carbons (Fsp3) is 0.190. The number of carbonyl (C=O) groups is 4. The van der Waals surface area contributed by atoms with Crippen molar-refractivity contribution in [1.29, 1.82) is 0 Å². The highest BCUT2D eigenvalue weighted by atomic mass is 32.1. The molecule has 0 spiro atoms. The van der Waals surface area contributed by atoms with E-state index in [0.717, 1.165) is 11.3 Å².